The second kappa shape index (κ2) is 7.49. The number of carbonyl (C=O) groups excluding carboxylic acids is 1. The van der Waals surface area contributed by atoms with Crippen LogP contribution >= 0.6 is 11.6 Å². The number of benzene rings is 1. The zero-order valence-corrected chi connectivity index (χ0v) is 13.8. The van der Waals surface area contributed by atoms with E-state index in [-0.39, 0.29) is 11.1 Å². The number of carbonyl (C=O) groups is 1. The van der Waals surface area contributed by atoms with Crippen molar-refractivity contribution >= 4 is 23.3 Å². The molecule has 2 aromatic rings. The van der Waals surface area contributed by atoms with E-state index in [1.54, 1.807) is 29.4 Å². The highest BCUT2D eigenvalue weighted by Gasteiger charge is 2.21. The average Bonchev–Trinajstić information content (AvgIpc) is 2.63. The third-order valence-electron chi connectivity index (χ3n) is 4.03. The number of aromatic nitrogens is 1. The van der Waals surface area contributed by atoms with E-state index in [4.69, 9.17) is 11.6 Å². The lowest BCUT2D eigenvalue weighted by molar-refractivity contribution is 0.194. The lowest BCUT2D eigenvalue weighted by Gasteiger charge is -2.36. The van der Waals surface area contributed by atoms with Crippen molar-refractivity contribution < 1.29 is 9.18 Å². The monoisotopic (exact) mass is 348 g/mol. The Morgan fingerprint density at radius 2 is 1.88 bits per heavy atom. The molecule has 0 unspecified atom stereocenters. The van der Waals surface area contributed by atoms with Crippen LogP contribution in [0.15, 0.2) is 42.7 Å². The first-order chi connectivity index (χ1) is 11.6. The Kier molecular flexibility index (Phi) is 5.15. The van der Waals surface area contributed by atoms with E-state index in [0.29, 0.717) is 32.7 Å². The summed E-state index contributed by atoms with van der Waals surface area (Å²) in [5, 5.41) is 3.03. The van der Waals surface area contributed by atoms with Crippen molar-refractivity contribution in [2.75, 3.05) is 31.1 Å². The Morgan fingerprint density at radius 1 is 1.17 bits per heavy atom. The molecule has 1 aromatic carbocycles. The summed E-state index contributed by atoms with van der Waals surface area (Å²) in [4.78, 5) is 20.0. The highest BCUT2D eigenvalue weighted by Crippen LogP contribution is 2.23. The molecule has 7 heteroatoms. The van der Waals surface area contributed by atoms with Crippen LogP contribution in [0.3, 0.4) is 0 Å². The molecule has 0 atom stereocenters. The van der Waals surface area contributed by atoms with Crippen molar-refractivity contribution in [2.45, 2.75) is 6.54 Å². The molecule has 1 N–H and O–H groups in total. The smallest absolute Gasteiger partial charge is 0.317 e. The molecule has 0 radical (unpaired) electrons. The van der Waals surface area contributed by atoms with E-state index in [1.165, 1.54) is 6.07 Å². The molecule has 1 aliphatic heterocycles. The summed E-state index contributed by atoms with van der Waals surface area (Å²) in [5.74, 6) is -0.422. The fraction of sp³-hybridized carbons (Fsp3) is 0.294. The summed E-state index contributed by atoms with van der Waals surface area (Å²) in [6.45, 7) is 3.07. The summed E-state index contributed by atoms with van der Waals surface area (Å²) in [6.07, 6.45) is 3.40. The summed E-state index contributed by atoms with van der Waals surface area (Å²) in [5.41, 5.74) is 1.89. The Hall–Kier alpha value is -2.34. The second-order valence-electron chi connectivity index (χ2n) is 5.59. The molecule has 0 spiro atoms. The van der Waals surface area contributed by atoms with Gasteiger partial charge in [0.2, 0.25) is 0 Å². The third-order valence-corrected chi connectivity index (χ3v) is 4.32. The molecule has 0 saturated carbocycles. The maximum atomic E-state index is 13.2. The number of amides is 2. The molecule has 126 valence electrons. The molecular formula is C17H18ClFN4O. The normalized spacial score (nSPS) is 14.6. The van der Waals surface area contributed by atoms with E-state index < -0.39 is 5.82 Å². The molecule has 2 amide bonds. The molecule has 5 nitrogen and oxygen atoms in total. The van der Waals surface area contributed by atoms with Gasteiger partial charge in [0, 0.05) is 50.8 Å². The number of rotatable bonds is 3. The van der Waals surface area contributed by atoms with Crippen molar-refractivity contribution in [1.82, 2.24) is 15.2 Å². The van der Waals surface area contributed by atoms with Gasteiger partial charge >= 0.3 is 6.03 Å². The Morgan fingerprint density at radius 3 is 2.54 bits per heavy atom. The standard InChI is InChI=1S/C17H18ClFN4O/c18-15-11-14(1-2-16(15)19)22-7-9-23(10-8-22)17(24)21-12-13-3-5-20-6-4-13/h1-6,11H,7-10,12H2,(H,21,24). The van der Waals surface area contributed by atoms with Crippen LogP contribution < -0.4 is 10.2 Å². The van der Waals surface area contributed by atoms with Crippen LogP contribution in [-0.2, 0) is 6.54 Å². The van der Waals surface area contributed by atoms with Gasteiger partial charge in [0.25, 0.3) is 0 Å². The maximum absolute atomic E-state index is 13.2. The Balaban J connectivity index is 1.51. The predicted molar refractivity (Wildman–Crippen MR) is 91.7 cm³/mol. The molecule has 2 heterocycles. The summed E-state index contributed by atoms with van der Waals surface area (Å²) < 4.78 is 13.2. The van der Waals surface area contributed by atoms with Crippen LogP contribution in [0.4, 0.5) is 14.9 Å². The Bertz CT molecular complexity index is 705. The average molecular weight is 349 g/mol. The Labute approximate surface area is 145 Å². The highest BCUT2D eigenvalue weighted by atomic mass is 35.5. The first kappa shape index (κ1) is 16.5. The zero-order valence-electron chi connectivity index (χ0n) is 13.1. The van der Waals surface area contributed by atoms with Crippen LogP contribution in [0, 0.1) is 5.82 Å². The van der Waals surface area contributed by atoms with Gasteiger partial charge in [0.05, 0.1) is 5.02 Å². The van der Waals surface area contributed by atoms with Gasteiger partial charge in [-0.3, -0.25) is 4.98 Å². The van der Waals surface area contributed by atoms with Crippen LogP contribution in [-0.4, -0.2) is 42.1 Å². The fourth-order valence-corrected chi connectivity index (χ4v) is 2.81. The first-order valence-electron chi connectivity index (χ1n) is 7.75. The van der Waals surface area contributed by atoms with Gasteiger partial charge in [-0.2, -0.15) is 0 Å². The minimum atomic E-state index is -0.422. The number of hydrogen-bond donors (Lipinski definition) is 1. The number of nitrogens with zero attached hydrogens (tertiary/aromatic N) is 3. The quantitative estimate of drug-likeness (QED) is 0.927. The zero-order chi connectivity index (χ0) is 16.9. The van der Waals surface area contributed by atoms with Crippen LogP contribution in [0.1, 0.15) is 5.56 Å². The number of hydrogen-bond acceptors (Lipinski definition) is 3. The summed E-state index contributed by atoms with van der Waals surface area (Å²) in [7, 11) is 0. The van der Waals surface area contributed by atoms with Crippen molar-refractivity contribution in [3.05, 3.63) is 59.1 Å². The topological polar surface area (TPSA) is 48.5 Å². The van der Waals surface area contributed by atoms with Gasteiger partial charge in [-0.1, -0.05) is 11.6 Å². The van der Waals surface area contributed by atoms with E-state index in [9.17, 15) is 9.18 Å². The third kappa shape index (κ3) is 3.94. The number of nitrogens with one attached hydrogen (secondary N) is 1. The van der Waals surface area contributed by atoms with Crippen molar-refractivity contribution in [3.63, 3.8) is 0 Å². The minimum Gasteiger partial charge on any atom is -0.368 e. The lowest BCUT2D eigenvalue weighted by atomic mass is 10.2. The van der Waals surface area contributed by atoms with E-state index in [2.05, 4.69) is 15.2 Å². The van der Waals surface area contributed by atoms with Crippen LogP contribution in [0.25, 0.3) is 0 Å². The van der Waals surface area contributed by atoms with Crippen LogP contribution in [0.5, 0.6) is 0 Å². The molecule has 1 fully saturated rings. The molecular weight excluding hydrogens is 331 g/mol. The molecule has 24 heavy (non-hydrogen) atoms. The van der Waals surface area contributed by atoms with Crippen molar-refractivity contribution in [1.29, 1.82) is 0 Å². The molecule has 1 aliphatic rings. The largest absolute Gasteiger partial charge is 0.368 e. The number of piperazine rings is 1. The van der Waals surface area contributed by atoms with Gasteiger partial charge in [0.15, 0.2) is 0 Å². The summed E-state index contributed by atoms with van der Waals surface area (Å²) in [6, 6.07) is 8.36. The SMILES string of the molecule is O=C(NCc1ccncc1)N1CCN(c2ccc(F)c(Cl)c2)CC1. The predicted octanol–water partition coefficient (Wildman–Crippen LogP) is 2.91. The number of anilines is 1. The number of halogens is 2. The van der Waals surface area contributed by atoms with Gasteiger partial charge in [-0.15, -0.1) is 0 Å². The highest BCUT2D eigenvalue weighted by molar-refractivity contribution is 6.31. The van der Waals surface area contributed by atoms with Gasteiger partial charge in [0.1, 0.15) is 5.82 Å². The van der Waals surface area contributed by atoms with E-state index in [0.717, 1.165) is 11.3 Å². The first-order valence-corrected chi connectivity index (χ1v) is 8.13. The summed E-state index contributed by atoms with van der Waals surface area (Å²) >= 11 is 5.83. The van der Waals surface area contributed by atoms with E-state index >= 15 is 0 Å². The lowest BCUT2D eigenvalue weighted by Crippen LogP contribution is -2.51. The minimum absolute atomic E-state index is 0.0800. The molecule has 0 aliphatic carbocycles. The van der Waals surface area contributed by atoms with Gasteiger partial charge in [-0.05, 0) is 35.9 Å². The van der Waals surface area contributed by atoms with Gasteiger partial charge < -0.3 is 15.1 Å². The molecule has 3 rings (SSSR count). The van der Waals surface area contributed by atoms with Crippen molar-refractivity contribution in [3.8, 4) is 0 Å². The molecule has 1 saturated heterocycles. The van der Waals surface area contributed by atoms with Crippen molar-refractivity contribution in [2.24, 2.45) is 0 Å². The van der Waals surface area contributed by atoms with E-state index in [1.807, 2.05) is 12.1 Å². The fourth-order valence-electron chi connectivity index (χ4n) is 2.64. The number of pyridine rings is 1. The maximum Gasteiger partial charge on any atom is 0.317 e. The number of urea groups is 1. The molecule has 1 aromatic heterocycles. The second-order valence-corrected chi connectivity index (χ2v) is 5.99. The van der Waals surface area contributed by atoms with Crippen LogP contribution in [0.2, 0.25) is 5.02 Å². The van der Waals surface area contributed by atoms with Gasteiger partial charge in [-0.25, -0.2) is 9.18 Å². The molecule has 0 bridgehead atoms.